The van der Waals surface area contributed by atoms with Gasteiger partial charge in [-0.25, -0.2) is 4.39 Å². The Labute approximate surface area is 91.1 Å². The summed E-state index contributed by atoms with van der Waals surface area (Å²) in [5, 5.41) is 9.83. The molecule has 0 saturated carbocycles. The Kier molecular flexibility index (Phi) is 1.80. The quantitative estimate of drug-likeness (QED) is 0.799. The van der Waals surface area contributed by atoms with Crippen LogP contribution in [0.15, 0.2) is 24.3 Å². The number of hydrogen-bond donors (Lipinski definition) is 1. The zero-order chi connectivity index (χ0) is 11.3. The second-order valence-electron chi connectivity index (χ2n) is 4.10. The maximum Gasteiger partial charge on any atom is 0.312 e. The van der Waals surface area contributed by atoms with Crippen LogP contribution in [0.5, 0.6) is 0 Å². The van der Waals surface area contributed by atoms with Crippen LogP contribution in [-0.4, -0.2) is 15.6 Å². The molecule has 1 atom stereocenters. The molecular weight excluding hydrogens is 209 g/mol. The number of halogens is 1. The average molecular weight is 219 g/mol. The number of benzene rings is 1. The minimum atomic E-state index is -0.804. The number of aromatic nitrogens is 1. The monoisotopic (exact) mass is 219 g/mol. The van der Waals surface area contributed by atoms with Gasteiger partial charge in [-0.15, -0.1) is 0 Å². The van der Waals surface area contributed by atoms with Crippen molar-refractivity contribution in [1.82, 2.24) is 4.57 Å². The predicted molar refractivity (Wildman–Crippen MR) is 56.9 cm³/mol. The number of hydrogen-bond acceptors (Lipinski definition) is 1. The molecule has 82 valence electrons. The number of aliphatic carboxylic acids is 1. The highest BCUT2D eigenvalue weighted by Crippen LogP contribution is 2.34. The standard InChI is InChI=1S/C12H10FNO2/c13-8-1-2-10-7(5-8)6-11-9(12(15)16)3-4-14(10)11/h1-2,5-6,9H,3-4H2,(H,15,16). The summed E-state index contributed by atoms with van der Waals surface area (Å²) >= 11 is 0. The maximum absolute atomic E-state index is 13.0. The largest absolute Gasteiger partial charge is 0.481 e. The van der Waals surface area contributed by atoms with E-state index in [1.165, 1.54) is 12.1 Å². The number of nitrogens with zero attached hydrogens (tertiary/aromatic N) is 1. The summed E-state index contributed by atoms with van der Waals surface area (Å²) in [6.07, 6.45) is 0.623. The van der Waals surface area contributed by atoms with Gasteiger partial charge < -0.3 is 9.67 Å². The van der Waals surface area contributed by atoms with Gasteiger partial charge in [-0.2, -0.15) is 0 Å². The van der Waals surface area contributed by atoms with Crippen molar-refractivity contribution in [3.8, 4) is 0 Å². The van der Waals surface area contributed by atoms with Gasteiger partial charge in [-0.1, -0.05) is 0 Å². The molecule has 0 saturated heterocycles. The van der Waals surface area contributed by atoms with Crippen LogP contribution in [-0.2, 0) is 11.3 Å². The second kappa shape index (κ2) is 3.07. The van der Waals surface area contributed by atoms with Crippen molar-refractivity contribution in [1.29, 1.82) is 0 Å². The number of fused-ring (bicyclic) bond motifs is 3. The topological polar surface area (TPSA) is 42.2 Å². The van der Waals surface area contributed by atoms with Crippen LogP contribution in [0.25, 0.3) is 10.9 Å². The van der Waals surface area contributed by atoms with Gasteiger partial charge in [0.15, 0.2) is 0 Å². The molecule has 0 radical (unpaired) electrons. The van der Waals surface area contributed by atoms with Gasteiger partial charge in [0, 0.05) is 23.1 Å². The van der Waals surface area contributed by atoms with Gasteiger partial charge in [-0.3, -0.25) is 4.79 Å². The van der Waals surface area contributed by atoms with E-state index in [2.05, 4.69) is 0 Å². The van der Waals surface area contributed by atoms with Gasteiger partial charge in [0.05, 0.1) is 5.92 Å². The Morgan fingerprint density at radius 1 is 1.44 bits per heavy atom. The highest BCUT2D eigenvalue weighted by molar-refractivity contribution is 5.85. The number of rotatable bonds is 1. The maximum atomic E-state index is 13.0. The number of aryl methyl sites for hydroxylation is 1. The van der Waals surface area contributed by atoms with Crippen molar-refractivity contribution < 1.29 is 14.3 Å². The van der Waals surface area contributed by atoms with Crippen molar-refractivity contribution in [3.05, 3.63) is 35.8 Å². The first-order valence-electron chi connectivity index (χ1n) is 5.18. The Morgan fingerprint density at radius 2 is 2.25 bits per heavy atom. The number of carbonyl (C=O) groups is 1. The molecule has 4 heteroatoms. The molecule has 3 rings (SSSR count). The normalized spacial score (nSPS) is 18.9. The molecule has 16 heavy (non-hydrogen) atoms. The molecule has 0 bridgehead atoms. The Hall–Kier alpha value is -1.84. The van der Waals surface area contributed by atoms with Crippen molar-refractivity contribution in [2.24, 2.45) is 0 Å². The minimum absolute atomic E-state index is 0.288. The van der Waals surface area contributed by atoms with E-state index in [0.717, 1.165) is 16.6 Å². The summed E-state index contributed by atoms with van der Waals surface area (Å²) < 4.78 is 15.0. The molecule has 0 aliphatic carbocycles. The SMILES string of the molecule is O=C(O)C1CCn2c1cc1cc(F)ccc12. The Morgan fingerprint density at radius 3 is 3.00 bits per heavy atom. The molecular formula is C12H10FNO2. The van der Waals surface area contributed by atoms with E-state index in [1.54, 1.807) is 12.1 Å². The van der Waals surface area contributed by atoms with Crippen LogP contribution in [0.3, 0.4) is 0 Å². The van der Waals surface area contributed by atoms with E-state index < -0.39 is 11.9 Å². The third-order valence-electron chi connectivity index (χ3n) is 3.19. The van der Waals surface area contributed by atoms with E-state index in [-0.39, 0.29) is 5.82 Å². The van der Waals surface area contributed by atoms with Crippen LogP contribution in [0.4, 0.5) is 4.39 Å². The van der Waals surface area contributed by atoms with Gasteiger partial charge in [-0.05, 0) is 30.7 Å². The van der Waals surface area contributed by atoms with Crippen LogP contribution in [0, 0.1) is 5.82 Å². The third kappa shape index (κ3) is 1.16. The Bertz CT molecular complexity index is 588. The van der Waals surface area contributed by atoms with Gasteiger partial charge >= 0.3 is 5.97 Å². The average Bonchev–Trinajstić information content (AvgIpc) is 2.74. The fourth-order valence-corrected chi connectivity index (χ4v) is 2.46. The van der Waals surface area contributed by atoms with Gasteiger partial charge in [0.25, 0.3) is 0 Å². The lowest BCUT2D eigenvalue weighted by Crippen LogP contribution is -2.07. The van der Waals surface area contributed by atoms with E-state index in [4.69, 9.17) is 5.11 Å². The van der Waals surface area contributed by atoms with E-state index >= 15 is 0 Å². The summed E-state index contributed by atoms with van der Waals surface area (Å²) in [6, 6.07) is 6.34. The third-order valence-corrected chi connectivity index (χ3v) is 3.19. The van der Waals surface area contributed by atoms with Gasteiger partial charge in [0.2, 0.25) is 0 Å². The Balaban J connectivity index is 2.24. The zero-order valence-corrected chi connectivity index (χ0v) is 8.48. The molecule has 1 aliphatic rings. The lowest BCUT2D eigenvalue weighted by atomic mass is 10.0. The van der Waals surface area contributed by atoms with Crippen LogP contribution < -0.4 is 0 Å². The summed E-state index contributed by atoms with van der Waals surface area (Å²) in [5.41, 5.74) is 1.70. The number of carboxylic acid groups (broad SMARTS) is 1. The first-order chi connectivity index (χ1) is 7.66. The molecule has 1 aromatic heterocycles. The molecule has 1 aromatic carbocycles. The van der Waals surface area contributed by atoms with Crippen molar-refractivity contribution in [3.63, 3.8) is 0 Å². The predicted octanol–water partition coefficient (Wildman–Crippen LogP) is 2.35. The van der Waals surface area contributed by atoms with E-state index in [1.807, 2.05) is 4.57 Å². The van der Waals surface area contributed by atoms with E-state index in [0.29, 0.717) is 13.0 Å². The minimum Gasteiger partial charge on any atom is -0.481 e. The highest BCUT2D eigenvalue weighted by atomic mass is 19.1. The molecule has 0 spiro atoms. The smallest absolute Gasteiger partial charge is 0.312 e. The summed E-state index contributed by atoms with van der Waals surface area (Å²) in [7, 11) is 0. The van der Waals surface area contributed by atoms with Crippen molar-refractivity contribution in [2.75, 3.05) is 0 Å². The first kappa shape index (κ1) is 9.39. The molecule has 1 unspecified atom stereocenters. The van der Waals surface area contributed by atoms with Crippen LogP contribution in [0.1, 0.15) is 18.0 Å². The molecule has 2 aromatic rings. The molecule has 1 aliphatic heterocycles. The highest BCUT2D eigenvalue weighted by Gasteiger charge is 2.30. The van der Waals surface area contributed by atoms with Gasteiger partial charge in [0.1, 0.15) is 5.82 Å². The summed E-state index contributed by atoms with van der Waals surface area (Å²) in [6.45, 7) is 0.696. The number of carboxylic acids is 1. The lowest BCUT2D eigenvalue weighted by molar-refractivity contribution is -0.138. The van der Waals surface area contributed by atoms with E-state index in [9.17, 15) is 9.18 Å². The lowest BCUT2D eigenvalue weighted by Gasteiger charge is -2.00. The molecule has 2 heterocycles. The fourth-order valence-electron chi connectivity index (χ4n) is 2.46. The zero-order valence-electron chi connectivity index (χ0n) is 8.48. The molecule has 0 fully saturated rings. The summed E-state index contributed by atoms with van der Waals surface area (Å²) in [4.78, 5) is 11.0. The fraction of sp³-hybridized carbons (Fsp3) is 0.250. The molecule has 0 amide bonds. The van der Waals surface area contributed by atoms with Crippen LogP contribution in [0.2, 0.25) is 0 Å². The van der Waals surface area contributed by atoms with Crippen LogP contribution >= 0.6 is 0 Å². The second-order valence-corrected chi connectivity index (χ2v) is 4.10. The summed E-state index contributed by atoms with van der Waals surface area (Å²) in [5.74, 6) is -1.54. The van der Waals surface area contributed by atoms with Crippen molar-refractivity contribution >= 4 is 16.9 Å². The van der Waals surface area contributed by atoms with Crippen molar-refractivity contribution in [2.45, 2.75) is 18.9 Å². The first-order valence-corrected chi connectivity index (χ1v) is 5.18. The molecule has 1 N–H and O–H groups in total. The molecule has 3 nitrogen and oxygen atoms in total.